The second-order valence-electron chi connectivity index (χ2n) is 7.16. The van der Waals surface area contributed by atoms with Gasteiger partial charge in [-0.05, 0) is 41.8 Å². The van der Waals surface area contributed by atoms with Crippen molar-refractivity contribution in [3.8, 4) is 11.1 Å². The first-order chi connectivity index (χ1) is 13.5. The van der Waals surface area contributed by atoms with Gasteiger partial charge in [0.2, 0.25) is 5.91 Å². The standard InChI is InChI=1S/C21H23N5O2/c1-2-8-26-12-16(11-19(26)27)23-21(28)15-5-3-4-13(9-15)14-6-7-18-17(10-14)20(22)25-24-18/h3-7,9-10,16H,2,8,11-12H2,1H3,(H,23,28)(H3,22,24,25)/t16-/m1/s1. The number of aromatic amines is 1. The zero-order chi connectivity index (χ0) is 19.7. The van der Waals surface area contributed by atoms with Crippen LogP contribution >= 0.6 is 0 Å². The lowest BCUT2D eigenvalue weighted by Gasteiger charge is -2.16. The van der Waals surface area contributed by atoms with Gasteiger partial charge >= 0.3 is 0 Å². The van der Waals surface area contributed by atoms with E-state index in [2.05, 4.69) is 15.5 Å². The Morgan fingerprint density at radius 2 is 2.11 bits per heavy atom. The van der Waals surface area contributed by atoms with Crippen molar-refractivity contribution in [2.45, 2.75) is 25.8 Å². The van der Waals surface area contributed by atoms with Gasteiger partial charge in [-0.1, -0.05) is 25.1 Å². The average Bonchev–Trinajstić information content (AvgIpc) is 3.24. The summed E-state index contributed by atoms with van der Waals surface area (Å²) in [7, 11) is 0. The third kappa shape index (κ3) is 3.43. The highest BCUT2D eigenvalue weighted by molar-refractivity contribution is 5.97. The molecule has 0 aliphatic carbocycles. The number of nitrogens with one attached hydrogen (secondary N) is 2. The molecule has 0 spiro atoms. The Kier molecular flexibility index (Phi) is 4.73. The Morgan fingerprint density at radius 1 is 1.29 bits per heavy atom. The third-order valence-corrected chi connectivity index (χ3v) is 5.09. The number of rotatable bonds is 5. The van der Waals surface area contributed by atoms with Crippen LogP contribution in [0.15, 0.2) is 42.5 Å². The number of H-pyrrole nitrogens is 1. The molecule has 7 nitrogen and oxygen atoms in total. The fourth-order valence-corrected chi connectivity index (χ4v) is 3.68. The molecule has 0 saturated carbocycles. The minimum atomic E-state index is -0.165. The number of anilines is 1. The van der Waals surface area contributed by atoms with Crippen molar-refractivity contribution in [2.75, 3.05) is 18.8 Å². The van der Waals surface area contributed by atoms with Gasteiger partial charge in [-0.3, -0.25) is 14.7 Å². The Labute approximate surface area is 162 Å². The first-order valence-corrected chi connectivity index (χ1v) is 9.48. The molecule has 2 amide bonds. The number of nitrogens with two attached hydrogens (primary N) is 1. The first-order valence-electron chi connectivity index (χ1n) is 9.48. The highest BCUT2D eigenvalue weighted by Gasteiger charge is 2.30. The molecule has 0 unspecified atom stereocenters. The Balaban J connectivity index is 1.52. The van der Waals surface area contributed by atoms with Gasteiger partial charge in [0, 0.05) is 30.5 Å². The van der Waals surface area contributed by atoms with Crippen LogP contribution in [-0.2, 0) is 4.79 Å². The van der Waals surface area contributed by atoms with Crippen molar-refractivity contribution in [3.63, 3.8) is 0 Å². The van der Waals surface area contributed by atoms with Crippen LogP contribution in [-0.4, -0.2) is 46.0 Å². The van der Waals surface area contributed by atoms with Crippen molar-refractivity contribution in [2.24, 2.45) is 0 Å². The molecule has 1 atom stereocenters. The van der Waals surface area contributed by atoms with E-state index in [0.29, 0.717) is 24.3 Å². The molecule has 1 aromatic heterocycles. The summed E-state index contributed by atoms with van der Waals surface area (Å²) in [5.74, 6) is 0.391. The lowest BCUT2D eigenvalue weighted by Crippen LogP contribution is -2.37. The van der Waals surface area contributed by atoms with Crippen molar-refractivity contribution in [3.05, 3.63) is 48.0 Å². The average molecular weight is 377 g/mol. The van der Waals surface area contributed by atoms with Gasteiger partial charge in [-0.25, -0.2) is 0 Å². The highest BCUT2D eigenvalue weighted by atomic mass is 16.2. The predicted molar refractivity (Wildman–Crippen MR) is 109 cm³/mol. The van der Waals surface area contributed by atoms with E-state index in [1.165, 1.54) is 0 Å². The second kappa shape index (κ2) is 7.34. The van der Waals surface area contributed by atoms with Crippen LogP contribution in [0.2, 0.25) is 0 Å². The summed E-state index contributed by atoms with van der Waals surface area (Å²) in [4.78, 5) is 26.5. The molecule has 1 aliphatic heterocycles. The number of amides is 2. The van der Waals surface area contributed by atoms with Gasteiger partial charge < -0.3 is 16.0 Å². The number of hydrogen-bond acceptors (Lipinski definition) is 4. The molecule has 1 aliphatic rings. The minimum Gasteiger partial charge on any atom is -0.382 e. The van der Waals surface area contributed by atoms with Gasteiger partial charge in [-0.2, -0.15) is 5.10 Å². The molecule has 1 saturated heterocycles. The molecule has 0 radical (unpaired) electrons. The summed E-state index contributed by atoms with van der Waals surface area (Å²) in [6.07, 6.45) is 1.28. The van der Waals surface area contributed by atoms with Crippen molar-refractivity contribution in [1.29, 1.82) is 0 Å². The van der Waals surface area contributed by atoms with E-state index in [-0.39, 0.29) is 17.9 Å². The van der Waals surface area contributed by atoms with Crippen molar-refractivity contribution >= 4 is 28.5 Å². The summed E-state index contributed by atoms with van der Waals surface area (Å²) in [6.45, 7) is 3.36. The monoisotopic (exact) mass is 377 g/mol. The lowest BCUT2D eigenvalue weighted by molar-refractivity contribution is -0.127. The number of aromatic nitrogens is 2. The van der Waals surface area contributed by atoms with Crippen molar-refractivity contribution in [1.82, 2.24) is 20.4 Å². The van der Waals surface area contributed by atoms with Crippen LogP contribution in [0.4, 0.5) is 5.82 Å². The van der Waals surface area contributed by atoms with Crippen molar-refractivity contribution < 1.29 is 9.59 Å². The third-order valence-electron chi connectivity index (χ3n) is 5.09. The normalized spacial score (nSPS) is 16.7. The van der Waals surface area contributed by atoms with E-state index in [1.807, 2.05) is 48.2 Å². The fraction of sp³-hybridized carbons (Fsp3) is 0.286. The molecular weight excluding hydrogens is 354 g/mol. The maximum absolute atomic E-state index is 12.7. The Hall–Kier alpha value is -3.35. The molecule has 144 valence electrons. The van der Waals surface area contributed by atoms with Crippen LogP contribution in [0.5, 0.6) is 0 Å². The van der Waals surface area contributed by atoms with Gasteiger partial charge in [-0.15, -0.1) is 0 Å². The molecule has 28 heavy (non-hydrogen) atoms. The minimum absolute atomic E-state index is 0.104. The highest BCUT2D eigenvalue weighted by Crippen LogP contribution is 2.27. The Bertz CT molecular complexity index is 1040. The predicted octanol–water partition coefficient (Wildman–Crippen LogP) is 2.55. The number of carbonyl (C=O) groups is 2. The maximum atomic E-state index is 12.7. The smallest absolute Gasteiger partial charge is 0.251 e. The van der Waals surface area contributed by atoms with Gasteiger partial charge in [0.25, 0.3) is 5.91 Å². The number of fused-ring (bicyclic) bond motifs is 1. The number of hydrogen-bond donors (Lipinski definition) is 3. The fourth-order valence-electron chi connectivity index (χ4n) is 3.68. The summed E-state index contributed by atoms with van der Waals surface area (Å²) in [5, 5.41) is 10.7. The molecular formula is C21H23N5O2. The zero-order valence-electron chi connectivity index (χ0n) is 15.7. The van der Waals surface area contributed by atoms with Gasteiger partial charge in [0.1, 0.15) is 0 Å². The van der Waals surface area contributed by atoms with E-state index in [4.69, 9.17) is 5.73 Å². The molecule has 3 aromatic rings. The molecule has 0 bridgehead atoms. The molecule has 2 aromatic carbocycles. The Morgan fingerprint density at radius 3 is 2.93 bits per heavy atom. The van der Waals surface area contributed by atoms with Gasteiger partial charge in [0.15, 0.2) is 5.82 Å². The molecule has 7 heteroatoms. The number of carbonyl (C=O) groups excluding carboxylic acids is 2. The van der Waals surface area contributed by atoms with Gasteiger partial charge in [0.05, 0.1) is 11.6 Å². The number of nitrogen functional groups attached to an aromatic ring is 1. The first kappa shape index (κ1) is 18.0. The largest absolute Gasteiger partial charge is 0.382 e. The second-order valence-corrected chi connectivity index (χ2v) is 7.16. The van der Waals surface area contributed by atoms with E-state index in [1.54, 1.807) is 6.07 Å². The summed E-state index contributed by atoms with van der Waals surface area (Å²) < 4.78 is 0. The van der Waals surface area contributed by atoms with E-state index >= 15 is 0 Å². The van der Waals surface area contributed by atoms with Crippen LogP contribution in [0.1, 0.15) is 30.1 Å². The lowest BCUT2D eigenvalue weighted by atomic mass is 10.0. The molecule has 2 heterocycles. The van der Waals surface area contributed by atoms with Crippen LogP contribution in [0.25, 0.3) is 22.0 Å². The molecule has 4 rings (SSSR count). The van der Waals surface area contributed by atoms with Crippen LogP contribution in [0.3, 0.4) is 0 Å². The maximum Gasteiger partial charge on any atom is 0.251 e. The van der Waals surface area contributed by atoms with Crippen LogP contribution in [0, 0.1) is 0 Å². The summed E-state index contributed by atoms with van der Waals surface area (Å²) >= 11 is 0. The zero-order valence-corrected chi connectivity index (χ0v) is 15.7. The number of nitrogens with zero attached hydrogens (tertiary/aromatic N) is 2. The molecule has 4 N–H and O–H groups in total. The summed E-state index contributed by atoms with van der Waals surface area (Å²) in [6, 6.07) is 13.2. The number of likely N-dealkylation sites (tertiary alicyclic amines) is 1. The SMILES string of the molecule is CCCN1C[C@H](NC(=O)c2cccc(-c3ccc4[nH]nc(N)c4c3)c2)CC1=O. The quantitative estimate of drug-likeness (QED) is 0.635. The molecule has 1 fully saturated rings. The van der Waals surface area contributed by atoms with E-state index in [0.717, 1.165) is 35.0 Å². The number of benzene rings is 2. The van der Waals surface area contributed by atoms with Crippen LogP contribution < -0.4 is 11.1 Å². The van der Waals surface area contributed by atoms with E-state index < -0.39 is 0 Å². The van der Waals surface area contributed by atoms with E-state index in [9.17, 15) is 9.59 Å². The summed E-state index contributed by atoms with van der Waals surface area (Å²) in [5.41, 5.74) is 9.22. The topological polar surface area (TPSA) is 104 Å².